The Morgan fingerprint density at radius 3 is 2.53 bits per heavy atom. The van der Waals surface area contributed by atoms with Crippen molar-refractivity contribution in [2.75, 3.05) is 38.2 Å². The Hall–Kier alpha value is -1.59. The number of amides is 2. The number of benzene rings is 1. The normalized spacial score (nSPS) is 16.5. The molecule has 92 valence electrons. The van der Waals surface area contributed by atoms with Crippen LogP contribution >= 0.6 is 0 Å². The lowest BCUT2D eigenvalue weighted by Crippen LogP contribution is -2.56. The fraction of sp³-hybridized carbons (Fsp3) is 0.417. The highest BCUT2D eigenvalue weighted by molar-refractivity contribution is 5.90. The van der Waals surface area contributed by atoms with Gasteiger partial charge in [-0.2, -0.15) is 0 Å². The lowest BCUT2D eigenvalue weighted by atomic mass is 10.3. The van der Waals surface area contributed by atoms with Gasteiger partial charge in [-0.15, -0.1) is 0 Å². The lowest BCUT2D eigenvalue weighted by Gasteiger charge is -2.37. The fourth-order valence-corrected chi connectivity index (χ4v) is 1.94. The Kier molecular flexibility index (Phi) is 3.95. The van der Waals surface area contributed by atoms with Crippen molar-refractivity contribution in [2.24, 2.45) is 0 Å². The van der Waals surface area contributed by atoms with Gasteiger partial charge >= 0.3 is 6.03 Å². The maximum Gasteiger partial charge on any atom is 0.336 e. The number of nitrogens with zero attached hydrogens (tertiary/aromatic N) is 2. The molecular formula is C12H18N4O. The second-order valence-electron chi connectivity index (χ2n) is 3.91. The molecule has 1 aliphatic heterocycles. The molecule has 1 aromatic carbocycles. The van der Waals surface area contributed by atoms with E-state index in [1.807, 2.05) is 30.3 Å². The molecule has 1 fully saturated rings. The van der Waals surface area contributed by atoms with E-state index in [2.05, 4.69) is 15.6 Å². The van der Waals surface area contributed by atoms with E-state index in [4.69, 9.17) is 0 Å². The van der Waals surface area contributed by atoms with E-state index < -0.39 is 0 Å². The van der Waals surface area contributed by atoms with E-state index in [9.17, 15) is 4.79 Å². The van der Waals surface area contributed by atoms with Crippen LogP contribution in [0.2, 0.25) is 0 Å². The largest absolute Gasteiger partial charge is 0.340 e. The number of para-hydroxylation sites is 1. The quantitative estimate of drug-likeness (QED) is 0.790. The molecule has 0 radical (unpaired) electrons. The van der Waals surface area contributed by atoms with E-state index >= 15 is 0 Å². The van der Waals surface area contributed by atoms with E-state index in [0.717, 1.165) is 31.9 Å². The van der Waals surface area contributed by atoms with Crippen LogP contribution < -0.4 is 15.6 Å². The molecule has 0 aliphatic carbocycles. The molecule has 1 aliphatic rings. The molecule has 5 heteroatoms. The first-order chi connectivity index (χ1) is 8.33. The minimum atomic E-state index is -0.0990. The van der Waals surface area contributed by atoms with Crippen molar-refractivity contribution in [1.29, 1.82) is 0 Å². The first kappa shape index (κ1) is 11.9. The average molecular weight is 234 g/mol. The lowest BCUT2D eigenvalue weighted by molar-refractivity contribution is 0.199. The van der Waals surface area contributed by atoms with E-state index in [-0.39, 0.29) is 6.03 Å². The summed E-state index contributed by atoms with van der Waals surface area (Å²) < 4.78 is 0. The van der Waals surface area contributed by atoms with Gasteiger partial charge in [0.15, 0.2) is 0 Å². The molecule has 17 heavy (non-hydrogen) atoms. The highest BCUT2D eigenvalue weighted by atomic mass is 16.2. The molecule has 2 amide bonds. The molecule has 0 unspecified atom stereocenters. The Labute approximate surface area is 101 Å². The van der Waals surface area contributed by atoms with Crippen LogP contribution in [-0.2, 0) is 0 Å². The number of hydrogen-bond acceptors (Lipinski definition) is 3. The van der Waals surface area contributed by atoms with E-state index in [1.165, 1.54) is 0 Å². The summed E-state index contributed by atoms with van der Waals surface area (Å²) in [4.78, 5) is 12.0. The SMILES string of the molecule is CNC(=O)N(c1ccccc1)N1CCNCC1. The summed E-state index contributed by atoms with van der Waals surface area (Å²) in [6, 6.07) is 9.61. The molecule has 0 spiro atoms. The van der Waals surface area contributed by atoms with Crippen LogP contribution in [0.3, 0.4) is 0 Å². The third kappa shape index (κ3) is 2.75. The summed E-state index contributed by atoms with van der Waals surface area (Å²) in [5, 5.41) is 9.73. The van der Waals surface area contributed by atoms with Gasteiger partial charge in [0.1, 0.15) is 0 Å². The third-order valence-corrected chi connectivity index (χ3v) is 2.78. The molecule has 2 N–H and O–H groups in total. The maximum absolute atomic E-state index is 12.0. The van der Waals surface area contributed by atoms with Crippen molar-refractivity contribution >= 4 is 11.7 Å². The maximum atomic E-state index is 12.0. The van der Waals surface area contributed by atoms with Gasteiger partial charge in [-0.3, -0.25) is 0 Å². The second kappa shape index (κ2) is 5.65. The fourth-order valence-electron chi connectivity index (χ4n) is 1.94. The standard InChI is InChI=1S/C12H18N4O/c1-13-12(17)16(11-5-3-2-4-6-11)15-9-7-14-8-10-15/h2-6,14H,7-10H2,1H3,(H,13,17). The van der Waals surface area contributed by atoms with Gasteiger partial charge in [0, 0.05) is 33.2 Å². The van der Waals surface area contributed by atoms with Gasteiger partial charge in [-0.05, 0) is 12.1 Å². The third-order valence-electron chi connectivity index (χ3n) is 2.78. The Bertz CT molecular complexity index is 362. The number of rotatable bonds is 2. The van der Waals surface area contributed by atoms with Gasteiger partial charge in [0.25, 0.3) is 0 Å². The van der Waals surface area contributed by atoms with Crippen LogP contribution in [0.5, 0.6) is 0 Å². The van der Waals surface area contributed by atoms with Gasteiger partial charge in [-0.25, -0.2) is 14.8 Å². The topological polar surface area (TPSA) is 47.6 Å². The summed E-state index contributed by atoms with van der Waals surface area (Å²) in [6.07, 6.45) is 0. The summed E-state index contributed by atoms with van der Waals surface area (Å²) in [5.41, 5.74) is 0.897. The van der Waals surface area contributed by atoms with Crippen molar-refractivity contribution in [3.8, 4) is 0 Å². The van der Waals surface area contributed by atoms with Crippen molar-refractivity contribution < 1.29 is 4.79 Å². The minimum absolute atomic E-state index is 0.0990. The molecule has 0 aromatic heterocycles. The van der Waals surface area contributed by atoms with Crippen LogP contribution in [-0.4, -0.2) is 44.3 Å². The van der Waals surface area contributed by atoms with Crippen LogP contribution in [0, 0.1) is 0 Å². The molecule has 1 saturated heterocycles. The van der Waals surface area contributed by atoms with Gasteiger partial charge in [-0.1, -0.05) is 18.2 Å². The smallest absolute Gasteiger partial charge is 0.336 e. The number of nitrogens with one attached hydrogen (secondary N) is 2. The molecule has 0 saturated carbocycles. The molecule has 2 rings (SSSR count). The van der Waals surface area contributed by atoms with Gasteiger partial charge in [0.2, 0.25) is 0 Å². The molecule has 1 heterocycles. The summed E-state index contributed by atoms with van der Waals surface area (Å²) >= 11 is 0. The summed E-state index contributed by atoms with van der Waals surface area (Å²) in [7, 11) is 1.65. The highest BCUT2D eigenvalue weighted by Crippen LogP contribution is 2.16. The molecule has 0 atom stereocenters. The second-order valence-corrected chi connectivity index (χ2v) is 3.91. The van der Waals surface area contributed by atoms with Crippen LogP contribution in [0.15, 0.2) is 30.3 Å². The average Bonchev–Trinajstić information content (AvgIpc) is 2.41. The van der Waals surface area contributed by atoms with Crippen molar-refractivity contribution in [3.05, 3.63) is 30.3 Å². The Morgan fingerprint density at radius 2 is 1.94 bits per heavy atom. The zero-order chi connectivity index (χ0) is 12.1. The van der Waals surface area contributed by atoms with Crippen molar-refractivity contribution in [2.45, 2.75) is 0 Å². The zero-order valence-electron chi connectivity index (χ0n) is 10.0. The van der Waals surface area contributed by atoms with Crippen LogP contribution in [0.1, 0.15) is 0 Å². The molecule has 0 bridgehead atoms. The molecule has 5 nitrogen and oxygen atoms in total. The Morgan fingerprint density at radius 1 is 1.29 bits per heavy atom. The van der Waals surface area contributed by atoms with Crippen molar-refractivity contribution in [1.82, 2.24) is 15.6 Å². The van der Waals surface area contributed by atoms with E-state index in [0.29, 0.717) is 0 Å². The molecule has 1 aromatic rings. The summed E-state index contributed by atoms with van der Waals surface area (Å²) in [5.74, 6) is 0. The van der Waals surface area contributed by atoms with Gasteiger partial charge < -0.3 is 10.6 Å². The zero-order valence-corrected chi connectivity index (χ0v) is 10.0. The number of anilines is 1. The highest BCUT2D eigenvalue weighted by Gasteiger charge is 2.23. The number of hydrazine groups is 1. The van der Waals surface area contributed by atoms with Crippen molar-refractivity contribution in [3.63, 3.8) is 0 Å². The monoisotopic (exact) mass is 234 g/mol. The van der Waals surface area contributed by atoms with Crippen LogP contribution in [0.4, 0.5) is 10.5 Å². The predicted molar refractivity (Wildman–Crippen MR) is 67.8 cm³/mol. The van der Waals surface area contributed by atoms with Crippen LogP contribution in [0.25, 0.3) is 0 Å². The number of carbonyl (C=O) groups excluding carboxylic acids is 1. The first-order valence-corrected chi connectivity index (χ1v) is 5.85. The van der Waals surface area contributed by atoms with Gasteiger partial charge in [0.05, 0.1) is 5.69 Å². The predicted octanol–water partition coefficient (Wildman–Crippen LogP) is 0.653. The first-order valence-electron chi connectivity index (χ1n) is 5.85. The molecular weight excluding hydrogens is 216 g/mol. The van der Waals surface area contributed by atoms with E-state index in [1.54, 1.807) is 12.1 Å². The minimum Gasteiger partial charge on any atom is -0.340 e. The number of piperazine rings is 1. The number of carbonyl (C=O) groups is 1. The number of hydrogen-bond donors (Lipinski definition) is 2. The Balaban J connectivity index is 2.21. The summed E-state index contributed by atoms with van der Waals surface area (Å²) in [6.45, 7) is 3.48. The number of urea groups is 1.